The first-order valence-electron chi connectivity index (χ1n) is 5.48. The lowest BCUT2D eigenvalue weighted by atomic mass is 10.2. The molecular weight excluding hydrogens is 210 g/mol. The number of benzene rings is 2. The maximum absolute atomic E-state index is 7.64. The summed E-state index contributed by atoms with van der Waals surface area (Å²) in [5.41, 5.74) is 7.69. The monoisotopic (exact) mass is 225 g/mol. The lowest BCUT2D eigenvalue weighted by Gasteiger charge is -2.22. The number of guanidine groups is 1. The minimum absolute atomic E-state index is 0.0556. The van der Waals surface area contributed by atoms with Crippen LogP contribution in [0.5, 0.6) is 0 Å². The zero-order chi connectivity index (χ0) is 12.1. The van der Waals surface area contributed by atoms with Gasteiger partial charge in [-0.2, -0.15) is 0 Å². The summed E-state index contributed by atoms with van der Waals surface area (Å²) in [5, 5.41) is 7.64. The van der Waals surface area contributed by atoms with Crippen molar-refractivity contribution in [2.75, 3.05) is 4.90 Å². The van der Waals surface area contributed by atoms with Crippen LogP contribution >= 0.6 is 0 Å². The Hall–Kier alpha value is -2.29. The molecule has 3 nitrogen and oxygen atoms in total. The summed E-state index contributed by atoms with van der Waals surface area (Å²) in [6.45, 7) is 0.611. The largest absolute Gasteiger partial charge is 0.370 e. The second-order valence-electron chi connectivity index (χ2n) is 3.79. The van der Waals surface area contributed by atoms with Gasteiger partial charge in [0.15, 0.2) is 5.96 Å². The predicted octanol–water partition coefficient (Wildman–Crippen LogP) is 2.59. The van der Waals surface area contributed by atoms with E-state index >= 15 is 0 Å². The van der Waals surface area contributed by atoms with Crippen LogP contribution in [0.3, 0.4) is 0 Å². The van der Waals surface area contributed by atoms with Crippen LogP contribution in [0.25, 0.3) is 0 Å². The van der Waals surface area contributed by atoms with Gasteiger partial charge in [0.1, 0.15) is 0 Å². The normalized spacial score (nSPS) is 9.88. The number of nitrogens with one attached hydrogen (secondary N) is 1. The van der Waals surface area contributed by atoms with Gasteiger partial charge in [-0.1, -0.05) is 48.5 Å². The Balaban J connectivity index is 2.23. The number of rotatable bonds is 3. The highest BCUT2D eigenvalue weighted by atomic mass is 15.2. The standard InChI is InChI=1S/C14H15N3/c15-14(16)17(13-9-5-2-6-10-13)11-12-7-3-1-4-8-12/h1-10H,11H2,(H3,15,16). The van der Waals surface area contributed by atoms with E-state index in [0.717, 1.165) is 11.3 Å². The Morgan fingerprint density at radius 3 is 2.00 bits per heavy atom. The quantitative estimate of drug-likeness (QED) is 0.623. The van der Waals surface area contributed by atoms with Crippen molar-refractivity contribution in [1.82, 2.24) is 0 Å². The highest BCUT2D eigenvalue weighted by Crippen LogP contribution is 2.15. The predicted molar refractivity (Wildman–Crippen MR) is 71.0 cm³/mol. The molecule has 2 aromatic rings. The third kappa shape index (κ3) is 2.84. The summed E-state index contributed by atoms with van der Waals surface area (Å²) in [6.07, 6.45) is 0. The van der Waals surface area contributed by atoms with Crippen molar-refractivity contribution in [3.05, 3.63) is 66.2 Å². The van der Waals surface area contributed by atoms with Crippen LogP contribution in [-0.2, 0) is 6.54 Å². The van der Waals surface area contributed by atoms with Gasteiger partial charge in [0.25, 0.3) is 0 Å². The van der Waals surface area contributed by atoms with Crippen molar-refractivity contribution in [2.45, 2.75) is 6.54 Å². The highest BCUT2D eigenvalue weighted by Gasteiger charge is 2.09. The third-order valence-corrected chi connectivity index (χ3v) is 2.54. The Morgan fingerprint density at radius 2 is 1.47 bits per heavy atom. The maximum Gasteiger partial charge on any atom is 0.193 e. The topological polar surface area (TPSA) is 53.1 Å². The fourth-order valence-electron chi connectivity index (χ4n) is 1.69. The molecule has 0 unspecified atom stereocenters. The van der Waals surface area contributed by atoms with Crippen LogP contribution < -0.4 is 10.6 Å². The van der Waals surface area contributed by atoms with Gasteiger partial charge in [0.05, 0.1) is 6.54 Å². The van der Waals surface area contributed by atoms with Crippen LogP contribution in [0.1, 0.15) is 5.56 Å². The number of nitrogens with two attached hydrogens (primary N) is 1. The summed E-state index contributed by atoms with van der Waals surface area (Å²) in [4.78, 5) is 1.77. The molecule has 2 aromatic carbocycles. The van der Waals surface area contributed by atoms with Crippen LogP contribution in [0, 0.1) is 5.41 Å². The van der Waals surface area contributed by atoms with E-state index < -0.39 is 0 Å². The average molecular weight is 225 g/mol. The molecule has 86 valence electrons. The molecule has 0 bridgehead atoms. The van der Waals surface area contributed by atoms with Gasteiger partial charge in [-0.3, -0.25) is 5.41 Å². The lowest BCUT2D eigenvalue weighted by Crippen LogP contribution is -2.35. The molecule has 0 aliphatic carbocycles. The molecule has 0 aliphatic rings. The lowest BCUT2D eigenvalue weighted by molar-refractivity contribution is 0.985. The molecule has 0 fully saturated rings. The zero-order valence-electron chi connectivity index (χ0n) is 9.51. The van der Waals surface area contributed by atoms with Crippen LogP contribution in [0.4, 0.5) is 5.69 Å². The number of nitrogens with zero attached hydrogens (tertiary/aromatic N) is 1. The molecule has 0 atom stereocenters. The first-order valence-corrected chi connectivity index (χ1v) is 5.48. The van der Waals surface area contributed by atoms with Crippen molar-refractivity contribution in [3.63, 3.8) is 0 Å². The third-order valence-electron chi connectivity index (χ3n) is 2.54. The minimum atomic E-state index is 0.0556. The zero-order valence-corrected chi connectivity index (χ0v) is 9.51. The van der Waals surface area contributed by atoms with Crippen LogP contribution in [-0.4, -0.2) is 5.96 Å². The van der Waals surface area contributed by atoms with Crippen LogP contribution in [0.2, 0.25) is 0 Å². The highest BCUT2D eigenvalue weighted by molar-refractivity contribution is 5.92. The molecule has 0 heterocycles. The van der Waals surface area contributed by atoms with E-state index in [-0.39, 0.29) is 5.96 Å². The molecule has 0 aromatic heterocycles. The first-order chi connectivity index (χ1) is 8.27. The van der Waals surface area contributed by atoms with Gasteiger partial charge >= 0.3 is 0 Å². The molecule has 0 saturated heterocycles. The van der Waals surface area contributed by atoms with Crippen molar-refractivity contribution in [1.29, 1.82) is 5.41 Å². The van der Waals surface area contributed by atoms with E-state index in [4.69, 9.17) is 11.1 Å². The van der Waals surface area contributed by atoms with Gasteiger partial charge < -0.3 is 10.6 Å². The van der Waals surface area contributed by atoms with Gasteiger partial charge in [-0.05, 0) is 17.7 Å². The van der Waals surface area contributed by atoms with E-state index in [1.54, 1.807) is 4.90 Å². The molecule has 0 radical (unpaired) electrons. The van der Waals surface area contributed by atoms with Gasteiger partial charge in [-0.25, -0.2) is 0 Å². The Labute approximate surface area is 101 Å². The van der Waals surface area contributed by atoms with Crippen molar-refractivity contribution in [2.24, 2.45) is 5.73 Å². The Bertz CT molecular complexity index is 479. The molecule has 3 heteroatoms. The molecule has 0 spiro atoms. The van der Waals surface area contributed by atoms with Gasteiger partial charge in [-0.15, -0.1) is 0 Å². The SMILES string of the molecule is N=C(N)N(Cc1ccccc1)c1ccccc1. The number of anilines is 1. The Morgan fingerprint density at radius 1 is 0.941 bits per heavy atom. The second kappa shape index (κ2) is 5.16. The summed E-state index contributed by atoms with van der Waals surface area (Å²) in [6, 6.07) is 19.7. The fourth-order valence-corrected chi connectivity index (χ4v) is 1.69. The molecule has 0 aliphatic heterocycles. The smallest absolute Gasteiger partial charge is 0.193 e. The van der Waals surface area contributed by atoms with E-state index in [1.807, 2.05) is 60.7 Å². The second-order valence-corrected chi connectivity index (χ2v) is 3.79. The summed E-state index contributed by atoms with van der Waals surface area (Å²) >= 11 is 0. The number of hydrogen-bond donors (Lipinski definition) is 2. The number of para-hydroxylation sites is 1. The Kier molecular flexibility index (Phi) is 3.40. The molecule has 2 rings (SSSR count). The average Bonchev–Trinajstić information content (AvgIpc) is 2.38. The van der Waals surface area contributed by atoms with Gasteiger partial charge in [0, 0.05) is 5.69 Å². The maximum atomic E-state index is 7.64. The molecule has 0 saturated carbocycles. The van der Waals surface area contributed by atoms with E-state index in [2.05, 4.69) is 0 Å². The number of hydrogen-bond acceptors (Lipinski definition) is 1. The fraction of sp³-hybridized carbons (Fsp3) is 0.0714. The van der Waals surface area contributed by atoms with Crippen molar-refractivity contribution in [3.8, 4) is 0 Å². The van der Waals surface area contributed by atoms with Crippen LogP contribution in [0.15, 0.2) is 60.7 Å². The summed E-state index contributed by atoms with van der Waals surface area (Å²) in [5.74, 6) is 0.0556. The van der Waals surface area contributed by atoms with Crippen molar-refractivity contribution >= 4 is 11.6 Å². The van der Waals surface area contributed by atoms with E-state index in [9.17, 15) is 0 Å². The van der Waals surface area contributed by atoms with E-state index in [1.165, 1.54) is 0 Å². The molecule has 17 heavy (non-hydrogen) atoms. The summed E-state index contributed by atoms with van der Waals surface area (Å²) < 4.78 is 0. The molecular formula is C14H15N3. The van der Waals surface area contributed by atoms with Crippen molar-refractivity contribution < 1.29 is 0 Å². The minimum Gasteiger partial charge on any atom is -0.370 e. The van der Waals surface area contributed by atoms with Gasteiger partial charge in [0.2, 0.25) is 0 Å². The molecule has 3 N–H and O–H groups in total. The molecule has 0 amide bonds. The summed E-state index contributed by atoms with van der Waals surface area (Å²) in [7, 11) is 0. The first kappa shape index (κ1) is 11.2. The van der Waals surface area contributed by atoms with E-state index in [0.29, 0.717) is 6.54 Å².